The number of pyridine rings is 1. The molecule has 0 spiro atoms. The minimum absolute atomic E-state index is 0.0406. The van der Waals surface area contributed by atoms with Gasteiger partial charge in [0, 0.05) is 11.6 Å². The van der Waals surface area contributed by atoms with Crippen molar-refractivity contribution in [2.75, 3.05) is 19.5 Å². The molecule has 104 valence electrons. The smallest absolute Gasteiger partial charge is 0.161 e. The van der Waals surface area contributed by atoms with Crippen molar-refractivity contribution in [3.63, 3.8) is 0 Å². The van der Waals surface area contributed by atoms with Crippen LogP contribution in [-0.4, -0.2) is 25.2 Å². The van der Waals surface area contributed by atoms with E-state index in [9.17, 15) is 0 Å². The summed E-state index contributed by atoms with van der Waals surface area (Å²) in [6, 6.07) is 5.73. The van der Waals surface area contributed by atoms with E-state index in [4.69, 9.17) is 15.9 Å². The van der Waals surface area contributed by atoms with Crippen LogP contribution in [0.1, 0.15) is 13.3 Å². The van der Waals surface area contributed by atoms with Crippen molar-refractivity contribution in [1.82, 2.24) is 4.98 Å². The first-order chi connectivity index (χ1) is 9.73. The van der Waals surface area contributed by atoms with Crippen LogP contribution in [0, 0.1) is 12.3 Å². The Hall–Kier alpha value is -2.41. The quantitative estimate of drug-likeness (QED) is 0.848. The molecule has 1 aromatic carbocycles. The first kappa shape index (κ1) is 14.0. The van der Waals surface area contributed by atoms with Crippen molar-refractivity contribution in [2.45, 2.75) is 19.4 Å². The summed E-state index contributed by atoms with van der Waals surface area (Å²) >= 11 is 0. The van der Waals surface area contributed by atoms with E-state index in [0.717, 1.165) is 23.0 Å². The molecule has 0 aliphatic carbocycles. The monoisotopic (exact) mass is 270 g/mol. The van der Waals surface area contributed by atoms with Gasteiger partial charge in [-0.25, -0.2) is 4.98 Å². The summed E-state index contributed by atoms with van der Waals surface area (Å²) in [7, 11) is 3.24. The second-order valence-electron chi connectivity index (χ2n) is 4.36. The molecule has 0 saturated carbocycles. The molecule has 1 N–H and O–H groups in total. The van der Waals surface area contributed by atoms with Gasteiger partial charge in [-0.15, -0.1) is 6.42 Å². The SMILES string of the molecule is C#CC(CC)Nc1nccc2cc(OC)c(OC)cc12. The Morgan fingerprint density at radius 2 is 2.00 bits per heavy atom. The third-order valence-electron chi connectivity index (χ3n) is 3.19. The number of nitrogens with one attached hydrogen (secondary N) is 1. The van der Waals surface area contributed by atoms with Gasteiger partial charge in [0.25, 0.3) is 0 Å². The lowest BCUT2D eigenvalue weighted by atomic mass is 10.1. The second-order valence-corrected chi connectivity index (χ2v) is 4.36. The van der Waals surface area contributed by atoms with Crippen molar-refractivity contribution < 1.29 is 9.47 Å². The molecule has 0 saturated heterocycles. The Bertz CT molecular complexity index is 647. The first-order valence-corrected chi connectivity index (χ1v) is 6.46. The number of fused-ring (bicyclic) bond motifs is 1. The second kappa shape index (κ2) is 6.16. The summed E-state index contributed by atoms with van der Waals surface area (Å²) in [4.78, 5) is 4.37. The van der Waals surface area contributed by atoms with E-state index in [1.807, 2.05) is 25.1 Å². The molecule has 1 unspecified atom stereocenters. The summed E-state index contributed by atoms with van der Waals surface area (Å²) in [6.07, 6.45) is 8.08. The van der Waals surface area contributed by atoms with Crippen molar-refractivity contribution in [3.05, 3.63) is 24.4 Å². The number of nitrogens with zero attached hydrogens (tertiary/aromatic N) is 1. The van der Waals surface area contributed by atoms with Gasteiger partial charge in [0.1, 0.15) is 5.82 Å². The van der Waals surface area contributed by atoms with Gasteiger partial charge in [-0.1, -0.05) is 12.8 Å². The van der Waals surface area contributed by atoms with Crippen molar-refractivity contribution in [2.24, 2.45) is 0 Å². The molecule has 0 aliphatic heterocycles. The molecule has 0 amide bonds. The Balaban J connectivity index is 2.54. The number of aromatic nitrogens is 1. The van der Waals surface area contributed by atoms with Crippen LogP contribution in [0.25, 0.3) is 10.8 Å². The molecule has 4 nitrogen and oxygen atoms in total. The average Bonchev–Trinajstić information content (AvgIpc) is 2.51. The Kier molecular flexibility index (Phi) is 4.31. The summed E-state index contributed by atoms with van der Waals surface area (Å²) in [5, 5.41) is 5.24. The van der Waals surface area contributed by atoms with E-state index in [0.29, 0.717) is 11.5 Å². The minimum atomic E-state index is -0.0406. The Morgan fingerprint density at radius 1 is 1.30 bits per heavy atom. The molecule has 4 heteroatoms. The highest BCUT2D eigenvalue weighted by Crippen LogP contribution is 2.34. The fourth-order valence-corrected chi connectivity index (χ4v) is 2.04. The van der Waals surface area contributed by atoms with Crippen LogP contribution in [-0.2, 0) is 0 Å². The fraction of sp³-hybridized carbons (Fsp3) is 0.312. The van der Waals surface area contributed by atoms with Crippen LogP contribution >= 0.6 is 0 Å². The molecule has 0 bridgehead atoms. The predicted molar refractivity (Wildman–Crippen MR) is 81.4 cm³/mol. The van der Waals surface area contributed by atoms with Crippen molar-refractivity contribution in [1.29, 1.82) is 0 Å². The highest BCUT2D eigenvalue weighted by Gasteiger charge is 2.11. The maximum Gasteiger partial charge on any atom is 0.161 e. The molecular weight excluding hydrogens is 252 g/mol. The number of ether oxygens (including phenoxy) is 2. The largest absolute Gasteiger partial charge is 0.493 e. The maximum absolute atomic E-state index is 5.49. The zero-order chi connectivity index (χ0) is 14.5. The first-order valence-electron chi connectivity index (χ1n) is 6.46. The molecule has 2 aromatic rings. The number of anilines is 1. The van der Waals surface area contributed by atoms with Crippen LogP contribution in [0.15, 0.2) is 24.4 Å². The van der Waals surface area contributed by atoms with Gasteiger partial charge in [-0.05, 0) is 30.0 Å². The summed E-state index contributed by atoms with van der Waals surface area (Å²) < 4.78 is 10.6. The van der Waals surface area contributed by atoms with E-state index in [-0.39, 0.29) is 6.04 Å². The Morgan fingerprint density at radius 3 is 2.60 bits per heavy atom. The molecule has 1 aromatic heterocycles. The van der Waals surface area contributed by atoms with Gasteiger partial charge < -0.3 is 14.8 Å². The lowest BCUT2D eigenvalue weighted by molar-refractivity contribution is 0.356. The number of rotatable bonds is 5. The van der Waals surface area contributed by atoms with Crippen LogP contribution in [0.4, 0.5) is 5.82 Å². The van der Waals surface area contributed by atoms with E-state index in [2.05, 4.69) is 16.2 Å². The molecular formula is C16H18N2O2. The number of hydrogen-bond donors (Lipinski definition) is 1. The maximum atomic E-state index is 5.49. The zero-order valence-electron chi connectivity index (χ0n) is 11.9. The molecule has 0 radical (unpaired) electrons. The number of terminal acetylenes is 1. The van der Waals surface area contributed by atoms with E-state index in [1.165, 1.54) is 0 Å². The number of hydrogen-bond acceptors (Lipinski definition) is 4. The summed E-state index contributed by atoms with van der Waals surface area (Å²) in [5.41, 5.74) is 0. The normalized spacial score (nSPS) is 11.7. The van der Waals surface area contributed by atoms with Crippen LogP contribution in [0.3, 0.4) is 0 Å². The van der Waals surface area contributed by atoms with Gasteiger partial charge >= 0.3 is 0 Å². The highest BCUT2D eigenvalue weighted by atomic mass is 16.5. The predicted octanol–water partition coefficient (Wildman–Crippen LogP) is 3.08. The number of methoxy groups -OCH3 is 2. The summed E-state index contributed by atoms with van der Waals surface area (Å²) in [5.74, 6) is 4.83. The molecule has 0 aliphatic rings. The van der Waals surface area contributed by atoms with Gasteiger partial charge in [0.2, 0.25) is 0 Å². The van der Waals surface area contributed by atoms with Crippen molar-refractivity contribution >= 4 is 16.6 Å². The third kappa shape index (κ3) is 2.62. The topological polar surface area (TPSA) is 43.4 Å². The third-order valence-corrected chi connectivity index (χ3v) is 3.19. The van der Waals surface area contributed by atoms with Gasteiger partial charge in [0.05, 0.1) is 20.3 Å². The highest BCUT2D eigenvalue weighted by molar-refractivity contribution is 5.94. The molecule has 1 atom stereocenters. The van der Waals surface area contributed by atoms with E-state index in [1.54, 1.807) is 20.4 Å². The van der Waals surface area contributed by atoms with E-state index >= 15 is 0 Å². The van der Waals surface area contributed by atoms with Crippen LogP contribution in [0.2, 0.25) is 0 Å². The van der Waals surface area contributed by atoms with Gasteiger partial charge in [0.15, 0.2) is 11.5 Å². The molecule has 2 rings (SSSR count). The number of benzene rings is 1. The molecule has 0 fully saturated rings. The molecule has 20 heavy (non-hydrogen) atoms. The molecule has 1 heterocycles. The minimum Gasteiger partial charge on any atom is -0.493 e. The standard InChI is InChI=1S/C16H18N2O2/c1-5-12(6-2)18-16-13-10-15(20-4)14(19-3)9-11(13)7-8-17-16/h1,7-10,12H,6H2,2-4H3,(H,17,18). The van der Waals surface area contributed by atoms with Gasteiger partial charge in [-0.3, -0.25) is 0 Å². The fourth-order valence-electron chi connectivity index (χ4n) is 2.04. The zero-order valence-corrected chi connectivity index (χ0v) is 11.9. The summed E-state index contributed by atoms with van der Waals surface area (Å²) in [6.45, 7) is 2.03. The van der Waals surface area contributed by atoms with Gasteiger partial charge in [-0.2, -0.15) is 0 Å². The average molecular weight is 270 g/mol. The lowest BCUT2D eigenvalue weighted by Gasteiger charge is -2.15. The van der Waals surface area contributed by atoms with Crippen LogP contribution in [0.5, 0.6) is 11.5 Å². The van der Waals surface area contributed by atoms with Crippen LogP contribution < -0.4 is 14.8 Å². The Labute approximate surface area is 119 Å². The lowest BCUT2D eigenvalue weighted by Crippen LogP contribution is -2.16. The van der Waals surface area contributed by atoms with E-state index < -0.39 is 0 Å². The van der Waals surface area contributed by atoms with Crippen molar-refractivity contribution in [3.8, 4) is 23.8 Å².